The zero-order valence-corrected chi connectivity index (χ0v) is 22.1. The quantitative estimate of drug-likeness (QED) is 0.203. The van der Waals surface area contributed by atoms with Crippen molar-refractivity contribution in [2.24, 2.45) is 11.5 Å². The third kappa shape index (κ3) is 5.73. The van der Waals surface area contributed by atoms with Gasteiger partial charge >= 0.3 is 11.7 Å². The molecule has 4 aromatic carbocycles. The van der Waals surface area contributed by atoms with Crippen LogP contribution in [-0.2, 0) is 0 Å². The van der Waals surface area contributed by atoms with Gasteiger partial charge < -0.3 is 31.0 Å². The van der Waals surface area contributed by atoms with Crippen molar-refractivity contribution in [3.05, 3.63) is 131 Å². The number of carbonyl (C=O) groups is 2. The molecule has 0 aliphatic carbocycles. The minimum Gasteiger partial charge on any atom is -0.452 e. The van der Waals surface area contributed by atoms with E-state index in [-0.39, 0.29) is 17.2 Å². The maximum atomic E-state index is 12.3. The number of fused-ring (bicyclic) bond motifs is 4. The Hall–Kier alpha value is -6.16. The summed E-state index contributed by atoms with van der Waals surface area (Å²) in [5.41, 5.74) is 19.2. The van der Waals surface area contributed by atoms with Gasteiger partial charge in [-0.1, -0.05) is 84.9 Å². The molecule has 0 aliphatic rings. The van der Waals surface area contributed by atoms with Crippen LogP contribution in [0.4, 0.5) is 10.5 Å². The van der Waals surface area contributed by atoms with Gasteiger partial charge in [0, 0.05) is 21.9 Å². The van der Waals surface area contributed by atoms with E-state index in [9.17, 15) is 9.59 Å². The molecule has 0 saturated carbocycles. The Morgan fingerprint density at radius 2 is 1.21 bits per heavy atom. The van der Waals surface area contributed by atoms with E-state index in [2.05, 4.69) is 21.4 Å². The van der Waals surface area contributed by atoms with Crippen LogP contribution in [0.3, 0.4) is 0 Å². The number of aromatic amines is 1. The summed E-state index contributed by atoms with van der Waals surface area (Å²) >= 11 is 0. The van der Waals surface area contributed by atoms with Gasteiger partial charge in [0.2, 0.25) is 5.78 Å². The van der Waals surface area contributed by atoms with Gasteiger partial charge in [0.15, 0.2) is 11.3 Å². The number of primary amides is 2. The number of furan rings is 2. The number of nitrogens with one attached hydrogen (secondary N) is 1. The summed E-state index contributed by atoms with van der Waals surface area (Å²) in [4.78, 5) is 39.9. The second-order valence-electron chi connectivity index (χ2n) is 9.00. The number of nitrogen functional groups attached to an aromatic ring is 1. The van der Waals surface area contributed by atoms with Crippen molar-refractivity contribution in [1.29, 1.82) is 0 Å². The molecule has 3 heterocycles. The molecule has 0 spiro atoms. The molecule has 0 bridgehead atoms. The highest BCUT2D eigenvalue weighted by atomic mass is 16.3. The molecule has 3 aromatic heterocycles. The average molecular weight is 560 g/mol. The van der Waals surface area contributed by atoms with Crippen molar-refractivity contribution in [3.8, 4) is 11.3 Å². The minimum absolute atomic E-state index is 0.190. The van der Waals surface area contributed by atoms with E-state index < -0.39 is 6.03 Å². The SMILES string of the molecule is NC(N)=O.Nc1c(C(=O)c2ccccc2)oc2ccccc12.O=c1nc(-c2ccccc2)c2oc3ccccc3c2[nH]1. The zero-order chi connectivity index (χ0) is 29.6. The van der Waals surface area contributed by atoms with Crippen molar-refractivity contribution >= 4 is 50.5 Å². The van der Waals surface area contributed by atoms with E-state index in [0.29, 0.717) is 33.6 Å². The Balaban J connectivity index is 0.000000150. The van der Waals surface area contributed by atoms with Crippen molar-refractivity contribution in [2.75, 3.05) is 5.73 Å². The van der Waals surface area contributed by atoms with Crippen molar-refractivity contribution in [3.63, 3.8) is 0 Å². The molecule has 42 heavy (non-hydrogen) atoms. The molecule has 7 aromatic rings. The first-order valence-electron chi connectivity index (χ1n) is 12.7. The first kappa shape index (κ1) is 27.4. The molecule has 2 amide bonds. The van der Waals surface area contributed by atoms with E-state index in [4.69, 9.17) is 19.4 Å². The van der Waals surface area contributed by atoms with Crippen LogP contribution in [0, 0.1) is 0 Å². The first-order chi connectivity index (χ1) is 20.3. The Morgan fingerprint density at radius 3 is 1.83 bits per heavy atom. The molecule has 208 valence electrons. The number of H-pyrrole nitrogens is 1. The maximum Gasteiger partial charge on any atom is 0.346 e. The maximum absolute atomic E-state index is 12.3. The van der Waals surface area contributed by atoms with E-state index in [1.807, 2.05) is 91.0 Å². The number of amides is 2. The molecule has 10 heteroatoms. The Morgan fingerprint density at radius 1 is 0.690 bits per heavy atom. The molecule has 0 saturated heterocycles. The van der Waals surface area contributed by atoms with Crippen LogP contribution in [0.5, 0.6) is 0 Å². The number of para-hydroxylation sites is 2. The third-order valence-corrected chi connectivity index (χ3v) is 6.18. The summed E-state index contributed by atoms with van der Waals surface area (Å²) < 4.78 is 11.4. The van der Waals surface area contributed by atoms with Gasteiger partial charge in [-0.3, -0.25) is 4.79 Å². The number of carbonyl (C=O) groups excluding carboxylic acids is 2. The number of hydrogen-bond acceptors (Lipinski definition) is 7. The number of hydrogen-bond donors (Lipinski definition) is 4. The van der Waals surface area contributed by atoms with Gasteiger partial charge in [-0.05, 0) is 24.3 Å². The highest BCUT2D eigenvalue weighted by Crippen LogP contribution is 2.32. The molecule has 7 rings (SSSR count). The van der Waals surface area contributed by atoms with Gasteiger partial charge in [0.25, 0.3) is 0 Å². The lowest BCUT2D eigenvalue weighted by Crippen LogP contribution is -2.18. The molecule has 0 radical (unpaired) electrons. The summed E-state index contributed by atoms with van der Waals surface area (Å²) in [6, 6.07) is 32.7. The average Bonchev–Trinajstić information content (AvgIpc) is 3.55. The summed E-state index contributed by atoms with van der Waals surface area (Å²) in [6.45, 7) is 0. The van der Waals surface area contributed by atoms with E-state index in [1.54, 1.807) is 18.2 Å². The highest BCUT2D eigenvalue weighted by molar-refractivity contribution is 6.14. The minimum atomic E-state index is -0.833. The molecule has 7 N–H and O–H groups in total. The number of nitrogens with two attached hydrogens (primary N) is 3. The molecule has 0 atom stereocenters. The van der Waals surface area contributed by atoms with E-state index in [1.165, 1.54) is 0 Å². The molecule has 10 nitrogen and oxygen atoms in total. The number of nitrogens with zero attached hydrogens (tertiary/aromatic N) is 1. The van der Waals surface area contributed by atoms with Gasteiger partial charge in [0.05, 0.1) is 11.2 Å². The van der Waals surface area contributed by atoms with Crippen molar-refractivity contribution in [1.82, 2.24) is 9.97 Å². The number of anilines is 1. The lowest BCUT2D eigenvalue weighted by Gasteiger charge is -2.00. The van der Waals surface area contributed by atoms with Crippen LogP contribution < -0.4 is 22.9 Å². The fraction of sp³-hybridized carbons (Fsp3) is 0. The molecular formula is C32H25N5O5. The largest absolute Gasteiger partial charge is 0.452 e. The molecule has 0 fully saturated rings. The van der Waals surface area contributed by atoms with Crippen LogP contribution in [0.2, 0.25) is 0 Å². The van der Waals surface area contributed by atoms with E-state index in [0.717, 1.165) is 21.9 Å². The summed E-state index contributed by atoms with van der Waals surface area (Å²) in [6.07, 6.45) is 0. The monoisotopic (exact) mass is 559 g/mol. The van der Waals surface area contributed by atoms with Crippen LogP contribution >= 0.6 is 0 Å². The number of benzene rings is 4. The van der Waals surface area contributed by atoms with Crippen LogP contribution in [0.1, 0.15) is 16.1 Å². The zero-order valence-electron chi connectivity index (χ0n) is 22.1. The number of urea groups is 1. The topological polar surface area (TPSA) is 184 Å². The molecular weight excluding hydrogens is 534 g/mol. The predicted octanol–water partition coefficient (Wildman–Crippen LogP) is 5.61. The fourth-order valence-corrected chi connectivity index (χ4v) is 4.37. The van der Waals surface area contributed by atoms with Gasteiger partial charge in [0.1, 0.15) is 16.9 Å². The fourth-order valence-electron chi connectivity index (χ4n) is 4.37. The number of aromatic nitrogens is 2. The second kappa shape index (κ2) is 11.9. The summed E-state index contributed by atoms with van der Waals surface area (Å²) in [7, 11) is 0. The van der Waals surface area contributed by atoms with Gasteiger partial charge in [-0.25, -0.2) is 9.59 Å². The lowest BCUT2D eigenvalue weighted by molar-refractivity contribution is 0.101. The van der Waals surface area contributed by atoms with Crippen LogP contribution in [0.25, 0.3) is 44.3 Å². The Kier molecular flexibility index (Phi) is 7.78. The molecule has 0 aliphatic heterocycles. The highest BCUT2D eigenvalue weighted by Gasteiger charge is 2.19. The standard InChI is InChI=1S/C16H10N2O2.C15H11NO2.CH4N2O/c19-16-17-13(10-6-2-1-3-7-10)15-14(18-16)11-8-4-5-9-12(11)20-15;16-13-11-8-4-5-9-12(11)18-15(13)14(17)10-6-2-1-3-7-10;2-1(3)4/h1-9H,(H,17,18,19);1-9H,16H2;(H4,2,3,4). The van der Waals surface area contributed by atoms with E-state index >= 15 is 0 Å². The van der Waals surface area contributed by atoms with Gasteiger partial charge in [-0.15, -0.1) is 0 Å². The molecule has 0 unspecified atom stereocenters. The van der Waals surface area contributed by atoms with Crippen molar-refractivity contribution in [2.45, 2.75) is 0 Å². The van der Waals surface area contributed by atoms with Crippen molar-refractivity contribution < 1.29 is 18.4 Å². The first-order valence-corrected chi connectivity index (χ1v) is 12.7. The Labute approximate surface area is 238 Å². The van der Waals surface area contributed by atoms with Crippen LogP contribution in [0.15, 0.2) is 123 Å². The third-order valence-electron chi connectivity index (χ3n) is 6.18. The smallest absolute Gasteiger partial charge is 0.346 e. The summed E-state index contributed by atoms with van der Waals surface area (Å²) in [5, 5.41) is 1.66. The van der Waals surface area contributed by atoms with Crippen LogP contribution in [-0.4, -0.2) is 21.8 Å². The summed E-state index contributed by atoms with van der Waals surface area (Å²) in [5.74, 6) is 0.0201. The second-order valence-corrected chi connectivity index (χ2v) is 9.00. The predicted molar refractivity (Wildman–Crippen MR) is 162 cm³/mol. The normalized spacial score (nSPS) is 10.5. The Bertz CT molecular complexity index is 2080. The number of rotatable bonds is 3. The lowest BCUT2D eigenvalue weighted by atomic mass is 10.1. The number of ketones is 1. The van der Waals surface area contributed by atoms with Gasteiger partial charge in [-0.2, -0.15) is 4.98 Å².